The average molecular weight is 443 g/mol. The maximum Gasteiger partial charge on any atom is 0.267 e. The van der Waals surface area contributed by atoms with E-state index >= 15 is 0 Å². The lowest BCUT2D eigenvalue weighted by Crippen LogP contribution is -2.29. The molecule has 158 valence electrons. The van der Waals surface area contributed by atoms with E-state index in [1.54, 1.807) is 21.6 Å². The molecule has 0 radical (unpaired) electrons. The zero-order valence-electron chi connectivity index (χ0n) is 17.5. The molecule has 0 unspecified atom stereocenters. The Morgan fingerprint density at radius 1 is 1.30 bits per heavy atom. The van der Waals surface area contributed by atoms with Crippen molar-refractivity contribution in [2.45, 2.75) is 52.5 Å². The van der Waals surface area contributed by atoms with Crippen LogP contribution in [0.2, 0.25) is 0 Å². The number of fused-ring (bicyclic) bond motifs is 1. The summed E-state index contributed by atoms with van der Waals surface area (Å²) in [5, 5.41) is 3.52. The van der Waals surface area contributed by atoms with Crippen LogP contribution in [0.3, 0.4) is 0 Å². The third-order valence-corrected chi connectivity index (χ3v) is 7.28. The molecular formula is C22H26N4O2S2. The summed E-state index contributed by atoms with van der Waals surface area (Å²) in [6, 6.07) is 4.05. The van der Waals surface area contributed by atoms with Gasteiger partial charge in [0.1, 0.15) is 15.8 Å². The Hall–Kier alpha value is -2.19. The average Bonchev–Trinajstić information content (AvgIpc) is 2.99. The Bertz CT molecular complexity index is 1100. The number of anilines is 1. The van der Waals surface area contributed by atoms with Gasteiger partial charge in [0.05, 0.1) is 10.5 Å². The maximum atomic E-state index is 13.4. The predicted octanol–water partition coefficient (Wildman–Crippen LogP) is 4.21. The van der Waals surface area contributed by atoms with Gasteiger partial charge in [0.25, 0.3) is 11.5 Å². The van der Waals surface area contributed by atoms with Crippen molar-refractivity contribution >= 4 is 51.7 Å². The second-order valence-corrected chi connectivity index (χ2v) is 9.77. The highest BCUT2D eigenvalue weighted by Gasteiger charge is 2.31. The molecule has 1 amide bonds. The zero-order valence-corrected chi connectivity index (χ0v) is 19.1. The Morgan fingerprint density at radius 3 is 2.70 bits per heavy atom. The van der Waals surface area contributed by atoms with Gasteiger partial charge in [0.2, 0.25) is 0 Å². The number of nitrogens with zero attached hydrogens (tertiary/aromatic N) is 3. The van der Waals surface area contributed by atoms with E-state index in [-0.39, 0.29) is 17.5 Å². The fourth-order valence-electron chi connectivity index (χ4n) is 4.05. The van der Waals surface area contributed by atoms with Gasteiger partial charge in [0.15, 0.2) is 0 Å². The van der Waals surface area contributed by atoms with Gasteiger partial charge in [-0.3, -0.25) is 18.9 Å². The summed E-state index contributed by atoms with van der Waals surface area (Å²) >= 11 is 6.56. The number of likely N-dealkylation sites (N-methyl/N-ethyl adjacent to an activating group) is 1. The van der Waals surface area contributed by atoms with Crippen molar-refractivity contribution in [2.75, 3.05) is 11.9 Å². The fraction of sp³-hybridized carbons (Fsp3) is 0.455. The molecule has 0 aromatic carbocycles. The van der Waals surface area contributed by atoms with Crippen LogP contribution >= 0.6 is 24.0 Å². The number of aromatic nitrogens is 2. The quantitative estimate of drug-likeness (QED) is 0.565. The lowest BCUT2D eigenvalue weighted by atomic mass is 9.87. The highest BCUT2D eigenvalue weighted by Crippen LogP contribution is 2.33. The first kappa shape index (κ1) is 21.1. The van der Waals surface area contributed by atoms with Gasteiger partial charge in [-0.05, 0) is 63.2 Å². The van der Waals surface area contributed by atoms with Crippen LogP contribution in [-0.4, -0.2) is 37.1 Å². The number of hydrogen-bond donors (Lipinski definition) is 1. The third-order valence-electron chi connectivity index (χ3n) is 5.91. The number of hydrogen-bond acceptors (Lipinski definition) is 6. The molecule has 2 aliphatic rings. The van der Waals surface area contributed by atoms with Crippen LogP contribution in [0.25, 0.3) is 11.7 Å². The molecule has 8 heteroatoms. The largest absolute Gasteiger partial charge is 0.367 e. The number of carbonyl (C=O) groups excluding carboxylic acids is 1. The Labute approximate surface area is 185 Å². The zero-order chi connectivity index (χ0) is 21.4. The van der Waals surface area contributed by atoms with Crippen molar-refractivity contribution in [1.29, 1.82) is 0 Å². The molecule has 1 N–H and O–H groups in total. The normalized spacial score (nSPS) is 23.6. The second-order valence-electron chi connectivity index (χ2n) is 8.09. The van der Waals surface area contributed by atoms with Gasteiger partial charge in [-0.25, -0.2) is 4.98 Å². The number of aryl methyl sites for hydroxylation is 1. The van der Waals surface area contributed by atoms with Crippen molar-refractivity contribution in [3.63, 3.8) is 0 Å². The summed E-state index contributed by atoms with van der Waals surface area (Å²) in [6.07, 6.45) is 7.80. The van der Waals surface area contributed by atoms with Crippen LogP contribution in [0, 0.1) is 12.8 Å². The van der Waals surface area contributed by atoms with Crippen LogP contribution < -0.4 is 10.9 Å². The second kappa shape index (κ2) is 8.51. The van der Waals surface area contributed by atoms with E-state index in [9.17, 15) is 9.59 Å². The number of thioether (sulfide) groups is 1. The highest BCUT2D eigenvalue weighted by molar-refractivity contribution is 8.26. The van der Waals surface area contributed by atoms with Gasteiger partial charge in [0, 0.05) is 18.8 Å². The van der Waals surface area contributed by atoms with Crippen LogP contribution in [-0.2, 0) is 4.79 Å². The van der Waals surface area contributed by atoms with E-state index in [1.807, 2.05) is 26.0 Å². The molecule has 4 rings (SSSR count). The van der Waals surface area contributed by atoms with E-state index in [2.05, 4.69) is 12.2 Å². The first-order valence-corrected chi connectivity index (χ1v) is 11.7. The van der Waals surface area contributed by atoms with E-state index in [0.29, 0.717) is 32.8 Å². The molecule has 1 aliphatic heterocycles. The summed E-state index contributed by atoms with van der Waals surface area (Å²) in [5.41, 5.74) is 1.79. The van der Waals surface area contributed by atoms with Crippen molar-refractivity contribution in [3.05, 3.63) is 44.7 Å². The minimum Gasteiger partial charge on any atom is -0.367 e. The summed E-state index contributed by atoms with van der Waals surface area (Å²) < 4.78 is 2.07. The molecule has 30 heavy (non-hydrogen) atoms. The summed E-state index contributed by atoms with van der Waals surface area (Å²) in [4.78, 5) is 32.9. The molecule has 0 atom stereocenters. The van der Waals surface area contributed by atoms with Crippen LogP contribution in [0.4, 0.5) is 5.82 Å². The third kappa shape index (κ3) is 3.90. The lowest BCUT2D eigenvalue weighted by molar-refractivity contribution is -0.121. The van der Waals surface area contributed by atoms with Crippen molar-refractivity contribution in [3.8, 4) is 0 Å². The lowest BCUT2D eigenvalue weighted by Gasteiger charge is -2.28. The van der Waals surface area contributed by atoms with Crippen molar-refractivity contribution in [1.82, 2.24) is 14.3 Å². The number of pyridine rings is 1. The molecule has 2 aromatic heterocycles. The van der Waals surface area contributed by atoms with E-state index in [4.69, 9.17) is 17.2 Å². The Balaban J connectivity index is 1.81. The van der Waals surface area contributed by atoms with Crippen LogP contribution in [0.15, 0.2) is 28.0 Å². The van der Waals surface area contributed by atoms with Gasteiger partial charge >= 0.3 is 0 Å². The summed E-state index contributed by atoms with van der Waals surface area (Å²) in [6.45, 7) is 6.63. The molecule has 2 fully saturated rings. The van der Waals surface area contributed by atoms with Crippen LogP contribution in [0.5, 0.6) is 0 Å². The molecule has 6 nitrogen and oxygen atoms in total. The first-order chi connectivity index (χ1) is 14.4. The molecule has 3 heterocycles. The minimum absolute atomic E-state index is 0.154. The number of amides is 1. The predicted molar refractivity (Wildman–Crippen MR) is 127 cm³/mol. The molecular weight excluding hydrogens is 416 g/mol. The topological polar surface area (TPSA) is 66.7 Å². The number of carbonyl (C=O) groups is 1. The molecule has 1 saturated heterocycles. The fourth-order valence-corrected chi connectivity index (χ4v) is 5.42. The Morgan fingerprint density at radius 2 is 2.03 bits per heavy atom. The number of thiocarbonyl (C=S) groups is 1. The first-order valence-electron chi connectivity index (χ1n) is 10.4. The highest BCUT2D eigenvalue weighted by atomic mass is 32.2. The minimum atomic E-state index is -0.183. The molecule has 0 bridgehead atoms. The Kier molecular flexibility index (Phi) is 5.97. The molecule has 1 saturated carbocycles. The smallest absolute Gasteiger partial charge is 0.267 e. The van der Waals surface area contributed by atoms with E-state index in [0.717, 1.165) is 37.2 Å². The molecule has 0 spiro atoms. The summed E-state index contributed by atoms with van der Waals surface area (Å²) in [7, 11) is 0. The van der Waals surface area contributed by atoms with Crippen molar-refractivity contribution in [2.24, 2.45) is 5.92 Å². The van der Waals surface area contributed by atoms with Gasteiger partial charge < -0.3 is 5.32 Å². The monoisotopic (exact) mass is 442 g/mol. The SMILES string of the molecule is CCN1C(=O)C(=Cc2c(NC3CCC(C)CC3)nc3c(C)cccn3c2=O)SC1=S. The van der Waals surface area contributed by atoms with Crippen LogP contribution in [0.1, 0.15) is 50.7 Å². The standard InChI is InChI=1S/C22H26N4O2S2/c1-4-25-21(28)17(30-22(25)29)12-16-18(23-15-9-7-13(2)8-10-15)24-19-14(3)6-5-11-26(19)20(16)27/h5-6,11-13,15,23H,4,7-10H2,1-3H3. The van der Waals surface area contributed by atoms with E-state index < -0.39 is 0 Å². The maximum absolute atomic E-state index is 13.4. The van der Waals surface area contributed by atoms with Gasteiger partial charge in [-0.1, -0.05) is 37.0 Å². The van der Waals surface area contributed by atoms with Gasteiger partial charge in [-0.2, -0.15) is 0 Å². The number of nitrogens with one attached hydrogen (secondary N) is 1. The summed E-state index contributed by atoms with van der Waals surface area (Å²) in [5.74, 6) is 1.13. The molecule has 2 aromatic rings. The van der Waals surface area contributed by atoms with Crippen molar-refractivity contribution < 1.29 is 4.79 Å². The molecule has 1 aliphatic carbocycles. The van der Waals surface area contributed by atoms with E-state index in [1.165, 1.54) is 11.8 Å². The van der Waals surface area contributed by atoms with Gasteiger partial charge in [-0.15, -0.1) is 0 Å². The number of rotatable bonds is 4.